The van der Waals surface area contributed by atoms with Gasteiger partial charge in [0.05, 0.1) is 29.9 Å². The van der Waals surface area contributed by atoms with Crippen molar-refractivity contribution in [2.24, 2.45) is 5.41 Å². The van der Waals surface area contributed by atoms with Gasteiger partial charge < -0.3 is 19.3 Å². The Morgan fingerprint density at radius 3 is 2.46 bits per heavy atom. The number of amides is 1. The van der Waals surface area contributed by atoms with Crippen molar-refractivity contribution in [1.82, 2.24) is 9.47 Å². The van der Waals surface area contributed by atoms with E-state index in [0.717, 1.165) is 49.4 Å². The van der Waals surface area contributed by atoms with Crippen LogP contribution >= 0.6 is 0 Å². The topological polar surface area (TPSA) is 71.8 Å². The number of morpholine rings is 1. The third-order valence-corrected chi connectivity index (χ3v) is 9.43. The molecule has 2 aromatic carbocycles. The minimum atomic E-state index is -0.919. The Morgan fingerprint density at radius 2 is 1.79 bits per heavy atom. The molecule has 1 aliphatic carbocycles. The predicted molar refractivity (Wildman–Crippen MR) is 153 cm³/mol. The maximum atomic E-state index is 14.3. The average Bonchev–Trinajstić information content (AvgIpc) is 3.63. The molecule has 1 amide bonds. The zero-order valence-electron chi connectivity index (χ0n) is 23.5. The van der Waals surface area contributed by atoms with E-state index in [-0.39, 0.29) is 11.8 Å². The lowest BCUT2D eigenvalue weighted by atomic mass is 9.85. The number of hydrogen-bond donors (Lipinski definition) is 1. The van der Waals surface area contributed by atoms with Crippen molar-refractivity contribution in [3.8, 4) is 11.3 Å². The number of aromatic nitrogens is 1. The summed E-state index contributed by atoms with van der Waals surface area (Å²) in [6.45, 7) is 9.71. The Bertz CT molecular complexity index is 1430. The molecule has 0 radical (unpaired) electrons. The van der Waals surface area contributed by atoms with Crippen LogP contribution in [0.4, 0.5) is 0 Å². The van der Waals surface area contributed by atoms with E-state index in [4.69, 9.17) is 4.74 Å². The van der Waals surface area contributed by atoms with E-state index < -0.39 is 11.4 Å². The van der Waals surface area contributed by atoms with Gasteiger partial charge in [0.25, 0.3) is 0 Å². The normalized spacial score (nSPS) is 21.8. The third-order valence-electron chi connectivity index (χ3n) is 9.43. The van der Waals surface area contributed by atoms with Crippen LogP contribution in [0.15, 0.2) is 36.4 Å². The number of benzene rings is 2. The van der Waals surface area contributed by atoms with Gasteiger partial charge in [-0.1, -0.05) is 57.9 Å². The van der Waals surface area contributed by atoms with Crippen molar-refractivity contribution >= 4 is 22.8 Å². The van der Waals surface area contributed by atoms with Gasteiger partial charge in [-0.3, -0.25) is 4.79 Å². The van der Waals surface area contributed by atoms with Crippen molar-refractivity contribution < 1.29 is 19.4 Å². The van der Waals surface area contributed by atoms with E-state index in [9.17, 15) is 14.7 Å². The molecule has 0 bridgehead atoms. The molecule has 1 aromatic heterocycles. The number of ether oxygens (including phenoxy) is 1. The quantitative estimate of drug-likeness (QED) is 0.358. The number of hydrogen-bond acceptors (Lipinski definition) is 3. The lowest BCUT2D eigenvalue weighted by molar-refractivity contribution is -0.141. The first-order valence-electron chi connectivity index (χ1n) is 14.8. The summed E-state index contributed by atoms with van der Waals surface area (Å²) in [5.41, 5.74) is 7.11. The van der Waals surface area contributed by atoms with Gasteiger partial charge in [-0.15, -0.1) is 0 Å². The van der Waals surface area contributed by atoms with Crippen molar-refractivity contribution in [2.75, 3.05) is 26.3 Å². The van der Waals surface area contributed by atoms with Gasteiger partial charge in [0, 0.05) is 42.0 Å². The Morgan fingerprint density at radius 1 is 1.05 bits per heavy atom. The van der Waals surface area contributed by atoms with Crippen LogP contribution in [0.3, 0.4) is 0 Å². The van der Waals surface area contributed by atoms with Crippen LogP contribution in [0.1, 0.15) is 91.8 Å². The highest BCUT2D eigenvalue weighted by Crippen LogP contribution is 2.66. The minimum Gasteiger partial charge on any atom is -0.478 e. The molecule has 2 fully saturated rings. The molecule has 2 unspecified atom stereocenters. The van der Waals surface area contributed by atoms with Crippen LogP contribution in [0, 0.1) is 5.41 Å². The Kier molecular flexibility index (Phi) is 6.78. The molecular weight excluding hydrogens is 488 g/mol. The van der Waals surface area contributed by atoms with Gasteiger partial charge >= 0.3 is 5.97 Å². The average molecular weight is 529 g/mol. The number of carbonyl (C=O) groups excluding carboxylic acids is 1. The second-order valence-corrected chi connectivity index (χ2v) is 11.8. The number of aromatic carboxylic acids is 1. The first kappa shape index (κ1) is 26.1. The second kappa shape index (κ2) is 10.1. The van der Waals surface area contributed by atoms with Gasteiger partial charge in [-0.05, 0) is 60.4 Å². The summed E-state index contributed by atoms with van der Waals surface area (Å²) in [6.07, 6.45) is 6.15. The zero-order valence-corrected chi connectivity index (χ0v) is 23.5. The molecule has 2 aliphatic heterocycles. The molecule has 1 saturated carbocycles. The number of rotatable bonds is 8. The first-order chi connectivity index (χ1) is 18.9. The van der Waals surface area contributed by atoms with E-state index in [1.807, 2.05) is 17.0 Å². The lowest BCUT2D eigenvalue weighted by Gasteiger charge is -2.31. The number of aryl methyl sites for hydroxylation is 1. The van der Waals surface area contributed by atoms with E-state index in [1.165, 1.54) is 27.9 Å². The summed E-state index contributed by atoms with van der Waals surface area (Å²) in [7, 11) is 0. The summed E-state index contributed by atoms with van der Waals surface area (Å²) >= 11 is 0. The van der Waals surface area contributed by atoms with Gasteiger partial charge in [-0.25, -0.2) is 4.79 Å². The molecule has 6 rings (SSSR count). The molecule has 3 aliphatic rings. The fraction of sp³-hybridized carbons (Fsp3) is 0.515. The van der Waals surface area contributed by atoms with Gasteiger partial charge in [0.15, 0.2) is 0 Å². The second-order valence-electron chi connectivity index (χ2n) is 11.8. The van der Waals surface area contributed by atoms with E-state index >= 15 is 0 Å². The summed E-state index contributed by atoms with van der Waals surface area (Å²) in [5, 5.41) is 11.0. The van der Waals surface area contributed by atoms with Gasteiger partial charge in [0.2, 0.25) is 5.91 Å². The highest BCUT2D eigenvalue weighted by molar-refractivity contribution is 6.00. The number of nitrogens with zero attached hydrogens (tertiary/aromatic N) is 2. The summed E-state index contributed by atoms with van der Waals surface area (Å²) in [4.78, 5) is 28.3. The molecule has 1 saturated heterocycles. The van der Waals surface area contributed by atoms with E-state index in [0.29, 0.717) is 44.3 Å². The molecule has 0 spiro atoms. The Balaban J connectivity index is 1.63. The van der Waals surface area contributed by atoms with Crippen LogP contribution in [0.25, 0.3) is 22.2 Å². The fourth-order valence-corrected chi connectivity index (χ4v) is 7.40. The summed E-state index contributed by atoms with van der Waals surface area (Å²) in [6, 6.07) is 12.5. The monoisotopic (exact) mass is 528 g/mol. The Labute approximate surface area is 230 Å². The van der Waals surface area contributed by atoms with E-state index in [2.05, 4.69) is 43.5 Å². The standard InChI is InChI=1S/C33H40N2O4/c1-4-7-22(8-5-2)29-25-12-10-23(31(36)37)18-28(25)35-20-33(32(38)34-13-15-39-16-14-34)19-27(33)26-17-21(6-3)9-11-24(26)30(29)35/h9-12,17-18,22,27H,4-8,13-16,19-20H2,1-3H3,(H,36,37). The largest absolute Gasteiger partial charge is 0.478 e. The molecular formula is C33H40N2O4. The highest BCUT2D eigenvalue weighted by atomic mass is 16.5. The Hall–Kier alpha value is -3.12. The number of carboxylic acid groups (broad SMARTS) is 1. The zero-order chi connectivity index (χ0) is 27.3. The van der Waals surface area contributed by atoms with Crippen molar-refractivity contribution in [3.05, 3.63) is 58.7 Å². The summed E-state index contributed by atoms with van der Waals surface area (Å²) < 4.78 is 7.90. The minimum absolute atomic E-state index is 0.176. The number of carboxylic acids is 1. The third kappa shape index (κ3) is 4.19. The molecule has 6 nitrogen and oxygen atoms in total. The van der Waals surface area contributed by atoms with Gasteiger partial charge in [0.1, 0.15) is 0 Å². The molecule has 3 aromatic rings. The van der Waals surface area contributed by atoms with Gasteiger partial charge in [-0.2, -0.15) is 0 Å². The molecule has 1 N–H and O–H groups in total. The van der Waals surface area contributed by atoms with Crippen molar-refractivity contribution in [3.63, 3.8) is 0 Å². The van der Waals surface area contributed by atoms with Crippen LogP contribution in [0.2, 0.25) is 0 Å². The first-order valence-corrected chi connectivity index (χ1v) is 14.8. The SMILES string of the molecule is CCCC(CCC)c1c2n(c3cc(C(=O)O)ccc13)CC1(C(=O)N3CCOCC3)CC1c1cc(CC)ccc1-2. The number of fused-ring (bicyclic) bond motifs is 7. The molecule has 206 valence electrons. The predicted octanol–water partition coefficient (Wildman–Crippen LogP) is 6.60. The maximum absolute atomic E-state index is 14.3. The van der Waals surface area contributed by atoms with Crippen molar-refractivity contribution in [2.45, 2.75) is 77.7 Å². The van der Waals surface area contributed by atoms with Crippen LogP contribution in [-0.2, 0) is 22.5 Å². The molecule has 2 atom stereocenters. The van der Waals surface area contributed by atoms with Crippen molar-refractivity contribution in [1.29, 1.82) is 0 Å². The van der Waals surface area contributed by atoms with E-state index in [1.54, 1.807) is 6.07 Å². The summed E-state index contributed by atoms with van der Waals surface area (Å²) in [5.74, 6) is -0.130. The fourth-order valence-electron chi connectivity index (χ4n) is 7.40. The molecule has 6 heteroatoms. The van der Waals surface area contributed by atoms with Crippen LogP contribution in [0.5, 0.6) is 0 Å². The van der Waals surface area contributed by atoms with Crippen LogP contribution in [-0.4, -0.2) is 52.8 Å². The number of carbonyl (C=O) groups is 2. The lowest BCUT2D eigenvalue weighted by Crippen LogP contribution is -2.45. The molecule has 39 heavy (non-hydrogen) atoms. The smallest absolute Gasteiger partial charge is 0.335 e. The highest BCUT2D eigenvalue weighted by Gasteiger charge is 2.63. The maximum Gasteiger partial charge on any atom is 0.335 e. The van der Waals surface area contributed by atoms with Crippen LogP contribution < -0.4 is 0 Å². The molecule has 3 heterocycles.